The molecule has 5 aromatic rings. The molecule has 0 aliphatic carbocycles. The van der Waals surface area contributed by atoms with Gasteiger partial charge in [-0.1, -0.05) is 47.7 Å². The Bertz CT molecular complexity index is 1430. The van der Waals surface area contributed by atoms with Gasteiger partial charge in [-0.25, -0.2) is 0 Å². The lowest BCUT2D eigenvalue weighted by atomic mass is 10.1. The summed E-state index contributed by atoms with van der Waals surface area (Å²) in [5, 5.41) is 13.9. The van der Waals surface area contributed by atoms with Gasteiger partial charge in [0.1, 0.15) is 0 Å². The number of rotatable bonds is 6. The fourth-order valence-electron chi connectivity index (χ4n) is 3.45. The van der Waals surface area contributed by atoms with E-state index in [2.05, 4.69) is 26.6 Å². The molecule has 9 heteroatoms. The van der Waals surface area contributed by atoms with Crippen molar-refractivity contribution < 1.29 is 13.2 Å². The van der Waals surface area contributed by atoms with Gasteiger partial charge in [-0.15, -0.1) is 22.0 Å². The van der Waals surface area contributed by atoms with E-state index in [4.69, 9.17) is 0 Å². The summed E-state index contributed by atoms with van der Waals surface area (Å²) in [4.78, 5) is 5.50. The van der Waals surface area contributed by atoms with E-state index in [-0.39, 0.29) is 0 Å². The molecule has 0 saturated carbocycles. The average molecular weight is 495 g/mol. The summed E-state index contributed by atoms with van der Waals surface area (Å²) in [6.07, 6.45) is -2.54. The number of para-hydroxylation sites is 1. The van der Waals surface area contributed by atoms with Crippen molar-refractivity contribution in [2.75, 3.05) is 5.32 Å². The Labute approximate surface area is 201 Å². The standard InChI is InChI=1S/C25H17F3N4S2/c26-25(27,28)17-9-11-18(12-10-17)30-24-32-31-23(34-24)20-6-2-4-8-22(20)33-15-16-13-14-29-21-7-3-1-5-19(16)21/h1-14H,15H2,(H,30,32). The van der Waals surface area contributed by atoms with Gasteiger partial charge < -0.3 is 5.32 Å². The Kier molecular flexibility index (Phi) is 6.21. The number of nitrogens with zero attached hydrogens (tertiary/aromatic N) is 3. The summed E-state index contributed by atoms with van der Waals surface area (Å²) in [6.45, 7) is 0. The number of hydrogen-bond donors (Lipinski definition) is 1. The molecule has 0 bridgehead atoms. The van der Waals surface area contributed by atoms with Gasteiger partial charge in [0.05, 0.1) is 11.1 Å². The molecule has 0 aliphatic rings. The van der Waals surface area contributed by atoms with Crippen LogP contribution >= 0.6 is 23.1 Å². The average Bonchev–Trinajstić information content (AvgIpc) is 3.31. The van der Waals surface area contributed by atoms with Gasteiger partial charge in [0.15, 0.2) is 5.01 Å². The van der Waals surface area contributed by atoms with Gasteiger partial charge in [-0.3, -0.25) is 4.98 Å². The van der Waals surface area contributed by atoms with Crippen LogP contribution in [0.5, 0.6) is 0 Å². The SMILES string of the molecule is FC(F)(F)c1ccc(Nc2nnc(-c3ccccc3SCc3ccnc4ccccc34)s2)cc1. The third-order valence-electron chi connectivity index (χ3n) is 5.13. The molecule has 0 fully saturated rings. The van der Waals surface area contributed by atoms with Crippen LogP contribution in [-0.2, 0) is 11.9 Å². The van der Waals surface area contributed by atoms with E-state index in [1.165, 1.54) is 29.0 Å². The molecule has 0 spiro atoms. The Morgan fingerprint density at radius 1 is 0.853 bits per heavy atom. The molecule has 0 saturated heterocycles. The molecule has 0 unspecified atom stereocenters. The largest absolute Gasteiger partial charge is 0.416 e. The molecule has 2 heterocycles. The van der Waals surface area contributed by atoms with Crippen LogP contribution in [0.2, 0.25) is 0 Å². The van der Waals surface area contributed by atoms with Crippen molar-refractivity contribution in [2.24, 2.45) is 0 Å². The Morgan fingerprint density at radius 2 is 1.62 bits per heavy atom. The highest BCUT2D eigenvalue weighted by Crippen LogP contribution is 2.37. The van der Waals surface area contributed by atoms with Crippen LogP contribution in [0.4, 0.5) is 24.0 Å². The minimum Gasteiger partial charge on any atom is -0.330 e. The number of fused-ring (bicyclic) bond motifs is 1. The summed E-state index contributed by atoms with van der Waals surface area (Å²) >= 11 is 3.06. The number of halogens is 3. The van der Waals surface area contributed by atoms with E-state index in [1.807, 2.05) is 54.7 Å². The maximum absolute atomic E-state index is 12.8. The number of hydrogen-bond acceptors (Lipinski definition) is 6. The Morgan fingerprint density at radius 3 is 2.44 bits per heavy atom. The normalized spacial score (nSPS) is 11.6. The van der Waals surface area contributed by atoms with Crippen LogP contribution in [0.25, 0.3) is 21.5 Å². The third-order valence-corrected chi connectivity index (χ3v) is 7.12. The first-order valence-corrected chi connectivity index (χ1v) is 12.1. The van der Waals surface area contributed by atoms with Crippen LogP contribution in [-0.4, -0.2) is 15.2 Å². The molecule has 0 atom stereocenters. The number of alkyl halides is 3. The molecule has 4 nitrogen and oxygen atoms in total. The van der Waals surface area contributed by atoms with Gasteiger partial charge in [0.2, 0.25) is 5.13 Å². The fourth-order valence-corrected chi connectivity index (χ4v) is 5.38. The summed E-state index contributed by atoms with van der Waals surface area (Å²) in [5.74, 6) is 0.773. The van der Waals surface area contributed by atoms with Gasteiger partial charge in [-0.2, -0.15) is 13.2 Å². The van der Waals surface area contributed by atoms with Crippen molar-refractivity contribution in [2.45, 2.75) is 16.8 Å². The first-order valence-electron chi connectivity index (χ1n) is 10.3. The lowest BCUT2D eigenvalue weighted by Crippen LogP contribution is -2.04. The van der Waals surface area contributed by atoms with Crippen molar-refractivity contribution >= 4 is 44.8 Å². The van der Waals surface area contributed by atoms with Gasteiger partial charge in [-0.05, 0) is 48.0 Å². The van der Waals surface area contributed by atoms with E-state index >= 15 is 0 Å². The monoisotopic (exact) mass is 494 g/mol. The summed E-state index contributed by atoms with van der Waals surface area (Å²) < 4.78 is 38.3. The number of thioether (sulfide) groups is 1. The van der Waals surface area contributed by atoms with Crippen LogP contribution in [0.15, 0.2) is 90.0 Å². The zero-order valence-corrected chi connectivity index (χ0v) is 19.2. The van der Waals surface area contributed by atoms with Gasteiger partial charge >= 0.3 is 6.18 Å². The van der Waals surface area contributed by atoms with Gasteiger partial charge in [0, 0.05) is 33.5 Å². The third kappa shape index (κ3) is 4.90. The molecular weight excluding hydrogens is 477 g/mol. The minimum absolute atomic E-state index is 0.509. The summed E-state index contributed by atoms with van der Waals surface area (Å²) in [6, 6.07) is 22.9. The molecule has 0 amide bonds. The first-order chi connectivity index (χ1) is 16.5. The maximum atomic E-state index is 12.8. The maximum Gasteiger partial charge on any atom is 0.416 e. The van der Waals surface area contributed by atoms with Crippen molar-refractivity contribution in [3.8, 4) is 10.6 Å². The topological polar surface area (TPSA) is 50.7 Å². The van der Waals surface area contributed by atoms with E-state index in [1.54, 1.807) is 11.8 Å². The molecule has 0 aliphatic heterocycles. The van der Waals surface area contributed by atoms with E-state index < -0.39 is 11.7 Å². The Balaban J connectivity index is 1.34. The number of anilines is 2. The van der Waals surface area contributed by atoms with E-state index in [9.17, 15) is 13.2 Å². The minimum atomic E-state index is -4.36. The zero-order chi connectivity index (χ0) is 23.5. The number of nitrogens with one attached hydrogen (secondary N) is 1. The number of aromatic nitrogens is 3. The van der Waals surface area contributed by atoms with Crippen LogP contribution in [0.1, 0.15) is 11.1 Å². The second kappa shape index (κ2) is 9.44. The number of benzene rings is 3. The van der Waals surface area contributed by atoms with Crippen LogP contribution in [0, 0.1) is 0 Å². The summed E-state index contributed by atoms with van der Waals surface area (Å²) in [7, 11) is 0. The molecule has 0 radical (unpaired) electrons. The summed E-state index contributed by atoms with van der Waals surface area (Å²) in [5.41, 5.74) is 2.96. The molecular formula is C25H17F3N4S2. The smallest absolute Gasteiger partial charge is 0.330 e. The van der Waals surface area contributed by atoms with Crippen LogP contribution < -0.4 is 5.32 Å². The van der Waals surface area contributed by atoms with Crippen molar-refractivity contribution in [3.05, 3.63) is 96.2 Å². The molecule has 5 rings (SSSR count). The second-order valence-corrected chi connectivity index (χ2v) is 9.38. The van der Waals surface area contributed by atoms with Gasteiger partial charge in [0.25, 0.3) is 0 Å². The molecule has 3 aromatic carbocycles. The van der Waals surface area contributed by atoms with E-state index in [0.29, 0.717) is 10.8 Å². The van der Waals surface area contributed by atoms with Crippen molar-refractivity contribution in [1.82, 2.24) is 15.2 Å². The predicted molar refractivity (Wildman–Crippen MR) is 131 cm³/mol. The lowest BCUT2D eigenvalue weighted by molar-refractivity contribution is -0.137. The first kappa shape index (κ1) is 22.4. The predicted octanol–water partition coefficient (Wildman–Crippen LogP) is 7.81. The highest BCUT2D eigenvalue weighted by Gasteiger charge is 2.30. The molecule has 1 N–H and O–H groups in total. The van der Waals surface area contributed by atoms with E-state index in [0.717, 1.165) is 44.3 Å². The highest BCUT2D eigenvalue weighted by molar-refractivity contribution is 7.98. The van der Waals surface area contributed by atoms with Crippen molar-refractivity contribution in [3.63, 3.8) is 0 Å². The highest BCUT2D eigenvalue weighted by atomic mass is 32.2. The lowest BCUT2D eigenvalue weighted by Gasteiger charge is -2.09. The molecule has 2 aromatic heterocycles. The van der Waals surface area contributed by atoms with Crippen molar-refractivity contribution in [1.29, 1.82) is 0 Å². The second-order valence-electron chi connectivity index (χ2n) is 7.38. The number of pyridine rings is 1. The molecule has 170 valence electrons. The zero-order valence-electron chi connectivity index (χ0n) is 17.6. The quantitative estimate of drug-likeness (QED) is 0.244. The Hall–Kier alpha value is -3.43. The molecule has 34 heavy (non-hydrogen) atoms. The fraction of sp³-hybridized carbons (Fsp3) is 0.0800. The van der Waals surface area contributed by atoms with Crippen LogP contribution in [0.3, 0.4) is 0 Å².